The predicted octanol–water partition coefficient (Wildman–Crippen LogP) is 2.09. The third-order valence-corrected chi connectivity index (χ3v) is 3.76. The summed E-state index contributed by atoms with van der Waals surface area (Å²) in [5.74, 6) is 0. The molecule has 2 rings (SSSR count). The molecule has 2 nitrogen and oxygen atoms in total. The number of benzene rings is 1. The van der Waals surface area contributed by atoms with E-state index in [0.717, 1.165) is 19.5 Å². The molecule has 1 aliphatic rings. The summed E-state index contributed by atoms with van der Waals surface area (Å²) in [6.45, 7) is 9.17. The Morgan fingerprint density at radius 2 is 1.94 bits per heavy atom. The van der Waals surface area contributed by atoms with Gasteiger partial charge in [0.25, 0.3) is 0 Å². The van der Waals surface area contributed by atoms with Gasteiger partial charge in [-0.25, -0.2) is 0 Å². The number of rotatable bonds is 4. The summed E-state index contributed by atoms with van der Waals surface area (Å²) in [6, 6.07) is 9.77. The molecule has 17 heavy (non-hydrogen) atoms. The van der Waals surface area contributed by atoms with Gasteiger partial charge in [-0.15, -0.1) is 0 Å². The highest BCUT2D eigenvalue weighted by atomic mass is 15.2. The number of aryl methyl sites for hydroxylation is 1. The lowest BCUT2D eigenvalue weighted by molar-refractivity contribution is 0.176. The van der Waals surface area contributed by atoms with Gasteiger partial charge in [0, 0.05) is 32.2 Å². The molecule has 1 heterocycles. The quantitative estimate of drug-likeness (QED) is 0.855. The Morgan fingerprint density at radius 1 is 1.24 bits per heavy atom. The van der Waals surface area contributed by atoms with Crippen LogP contribution in [-0.2, 0) is 12.8 Å². The molecule has 0 bridgehead atoms. The summed E-state index contributed by atoms with van der Waals surface area (Å²) in [6.07, 6.45) is 2.31. The van der Waals surface area contributed by atoms with Crippen molar-refractivity contribution in [1.82, 2.24) is 10.2 Å². The van der Waals surface area contributed by atoms with E-state index in [1.165, 1.54) is 30.6 Å². The Bertz CT molecular complexity index is 331. The summed E-state index contributed by atoms with van der Waals surface area (Å²) in [7, 11) is 0. The van der Waals surface area contributed by atoms with Crippen LogP contribution in [0.3, 0.4) is 0 Å². The standard InChI is InChI=1S/C15H24N2/c1-3-14-4-6-15(7-5-14)8-10-17-11-9-16-12-13(17)2/h4-7,13,16H,3,8-12H2,1-2H3/t13-/m1/s1. The first-order valence-electron chi connectivity index (χ1n) is 6.82. The van der Waals surface area contributed by atoms with Crippen LogP contribution >= 0.6 is 0 Å². The van der Waals surface area contributed by atoms with Gasteiger partial charge in [0.2, 0.25) is 0 Å². The van der Waals surface area contributed by atoms with Gasteiger partial charge in [0.15, 0.2) is 0 Å². The highest BCUT2D eigenvalue weighted by Crippen LogP contribution is 2.08. The Hall–Kier alpha value is -0.860. The van der Waals surface area contributed by atoms with Crippen molar-refractivity contribution in [3.63, 3.8) is 0 Å². The largest absolute Gasteiger partial charge is 0.314 e. The second kappa shape index (κ2) is 6.18. The third kappa shape index (κ3) is 3.55. The molecule has 0 spiro atoms. The van der Waals surface area contributed by atoms with Crippen LogP contribution in [0.2, 0.25) is 0 Å². The van der Waals surface area contributed by atoms with E-state index in [1.807, 2.05) is 0 Å². The second-order valence-corrected chi connectivity index (χ2v) is 5.01. The first-order chi connectivity index (χ1) is 8.29. The normalized spacial score (nSPS) is 21.6. The average molecular weight is 232 g/mol. The minimum Gasteiger partial charge on any atom is -0.314 e. The van der Waals surface area contributed by atoms with Gasteiger partial charge in [-0.1, -0.05) is 31.2 Å². The fourth-order valence-electron chi connectivity index (χ4n) is 2.43. The molecule has 2 heteroatoms. The summed E-state index contributed by atoms with van der Waals surface area (Å²) < 4.78 is 0. The topological polar surface area (TPSA) is 15.3 Å². The molecule has 1 fully saturated rings. The summed E-state index contributed by atoms with van der Waals surface area (Å²) in [4.78, 5) is 2.59. The van der Waals surface area contributed by atoms with Gasteiger partial charge in [-0.2, -0.15) is 0 Å². The van der Waals surface area contributed by atoms with E-state index in [4.69, 9.17) is 0 Å². The molecule has 94 valence electrons. The third-order valence-electron chi connectivity index (χ3n) is 3.76. The van der Waals surface area contributed by atoms with E-state index >= 15 is 0 Å². The van der Waals surface area contributed by atoms with E-state index < -0.39 is 0 Å². The van der Waals surface area contributed by atoms with Crippen LogP contribution in [0.25, 0.3) is 0 Å². The molecule has 1 saturated heterocycles. The maximum atomic E-state index is 3.44. The van der Waals surface area contributed by atoms with Gasteiger partial charge in [0.05, 0.1) is 0 Å². The smallest absolute Gasteiger partial charge is 0.0193 e. The van der Waals surface area contributed by atoms with Crippen molar-refractivity contribution in [2.75, 3.05) is 26.2 Å². The number of nitrogens with one attached hydrogen (secondary N) is 1. The molecule has 0 radical (unpaired) electrons. The lowest BCUT2D eigenvalue weighted by Gasteiger charge is -2.33. The first-order valence-corrected chi connectivity index (χ1v) is 6.82. The van der Waals surface area contributed by atoms with E-state index in [9.17, 15) is 0 Å². The van der Waals surface area contributed by atoms with Crippen LogP contribution in [0.15, 0.2) is 24.3 Å². The summed E-state index contributed by atoms with van der Waals surface area (Å²) in [5.41, 5.74) is 2.90. The molecule has 1 N–H and O–H groups in total. The Morgan fingerprint density at radius 3 is 2.59 bits per heavy atom. The number of hydrogen-bond donors (Lipinski definition) is 1. The van der Waals surface area contributed by atoms with Crippen LogP contribution in [0.1, 0.15) is 25.0 Å². The molecule has 1 atom stereocenters. The molecule has 0 amide bonds. The van der Waals surface area contributed by atoms with E-state index in [1.54, 1.807) is 0 Å². The lowest BCUT2D eigenvalue weighted by atomic mass is 10.1. The minimum atomic E-state index is 0.679. The number of piperazine rings is 1. The highest BCUT2D eigenvalue weighted by Gasteiger charge is 2.16. The fraction of sp³-hybridized carbons (Fsp3) is 0.600. The monoisotopic (exact) mass is 232 g/mol. The Balaban J connectivity index is 1.84. The molecule has 0 unspecified atom stereocenters. The molecule has 1 aliphatic heterocycles. The van der Waals surface area contributed by atoms with Crippen LogP contribution in [0.4, 0.5) is 0 Å². The van der Waals surface area contributed by atoms with Gasteiger partial charge in [-0.3, -0.25) is 4.90 Å². The molecule has 0 aromatic heterocycles. The second-order valence-electron chi connectivity index (χ2n) is 5.01. The predicted molar refractivity (Wildman–Crippen MR) is 73.4 cm³/mol. The molecule has 0 aliphatic carbocycles. The Kier molecular flexibility index (Phi) is 4.57. The number of hydrogen-bond acceptors (Lipinski definition) is 2. The summed E-state index contributed by atoms with van der Waals surface area (Å²) >= 11 is 0. The van der Waals surface area contributed by atoms with E-state index in [-0.39, 0.29) is 0 Å². The Labute approximate surface area is 105 Å². The van der Waals surface area contributed by atoms with Gasteiger partial charge >= 0.3 is 0 Å². The van der Waals surface area contributed by atoms with Crippen molar-refractivity contribution in [2.24, 2.45) is 0 Å². The molecule has 0 saturated carbocycles. The van der Waals surface area contributed by atoms with Crippen LogP contribution in [-0.4, -0.2) is 37.1 Å². The zero-order valence-corrected chi connectivity index (χ0v) is 11.1. The van der Waals surface area contributed by atoms with Crippen molar-refractivity contribution in [3.8, 4) is 0 Å². The molecule has 1 aromatic rings. The van der Waals surface area contributed by atoms with Crippen LogP contribution in [0, 0.1) is 0 Å². The zero-order valence-electron chi connectivity index (χ0n) is 11.1. The van der Waals surface area contributed by atoms with Crippen molar-refractivity contribution >= 4 is 0 Å². The molecule has 1 aromatic carbocycles. The van der Waals surface area contributed by atoms with Crippen molar-refractivity contribution in [3.05, 3.63) is 35.4 Å². The van der Waals surface area contributed by atoms with Gasteiger partial charge in [0.1, 0.15) is 0 Å². The van der Waals surface area contributed by atoms with Crippen molar-refractivity contribution in [2.45, 2.75) is 32.7 Å². The fourth-order valence-corrected chi connectivity index (χ4v) is 2.43. The minimum absolute atomic E-state index is 0.679. The molecular weight excluding hydrogens is 208 g/mol. The van der Waals surface area contributed by atoms with Gasteiger partial charge < -0.3 is 5.32 Å². The highest BCUT2D eigenvalue weighted by molar-refractivity contribution is 5.22. The van der Waals surface area contributed by atoms with Crippen LogP contribution < -0.4 is 5.32 Å². The lowest BCUT2D eigenvalue weighted by Crippen LogP contribution is -2.50. The average Bonchev–Trinajstić information content (AvgIpc) is 2.38. The number of nitrogens with zero attached hydrogens (tertiary/aromatic N) is 1. The maximum Gasteiger partial charge on any atom is 0.0193 e. The molecular formula is C15H24N2. The SMILES string of the molecule is CCc1ccc(CCN2CCNC[C@H]2C)cc1. The van der Waals surface area contributed by atoms with Crippen LogP contribution in [0.5, 0.6) is 0 Å². The van der Waals surface area contributed by atoms with E-state index in [0.29, 0.717) is 6.04 Å². The maximum absolute atomic E-state index is 3.44. The van der Waals surface area contributed by atoms with Gasteiger partial charge in [-0.05, 0) is 30.9 Å². The van der Waals surface area contributed by atoms with Crippen molar-refractivity contribution < 1.29 is 0 Å². The first kappa shape index (κ1) is 12.6. The zero-order chi connectivity index (χ0) is 12.1. The van der Waals surface area contributed by atoms with E-state index in [2.05, 4.69) is 48.3 Å². The van der Waals surface area contributed by atoms with Crippen molar-refractivity contribution in [1.29, 1.82) is 0 Å². The summed E-state index contributed by atoms with van der Waals surface area (Å²) in [5, 5.41) is 3.44.